The molecule has 7 heteroatoms. The molecule has 0 aromatic heterocycles. The summed E-state index contributed by atoms with van der Waals surface area (Å²) < 4.78 is 5.39. The van der Waals surface area contributed by atoms with Crippen LogP contribution in [0.3, 0.4) is 0 Å². The van der Waals surface area contributed by atoms with Gasteiger partial charge in [-0.2, -0.15) is 0 Å². The quantitative estimate of drug-likeness (QED) is 0.302. The number of nitrogens with zero attached hydrogens (tertiary/aromatic N) is 2. The second-order valence-electron chi connectivity index (χ2n) is 5.74. The second-order valence-corrected chi connectivity index (χ2v) is 5.74. The lowest BCUT2D eigenvalue weighted by Crippen LogP contribution is -2.28. The Balaban J connectivity index is 1.83. The Kier molecular flexibility index (Phi) is 5.67. The van der Waals surface area contributed by atoms with Gasteiger partial charge in [0.25, 0.3) is 0 Å². The van der Waals surface area contributed by atoms with E-state index in [1.54, 1.807) is 11.9 Å². The molecule has 1 aromatic rings. The van der Waals surface area contributed by atoms with Crippen LogP contribution in [0.2, 0.25) is 0 Å². The summed E-state index contributed by atoms with van der Waals surface area (Å²) in [6.07, 6.45) is 3.62. The average Bonchev–Trinajstić information content (AvgIpc) is 3.34. The van der Waals surface area contributed by atoms with Crippen molar-refractivity contribution in [2.24, 2.45) is 5.92 Å². The standard InChI is InChI=1S/C16H20N2O5/c1-17(10-12-7-8-12)15(20)6-3-9-23-14-5-2-4-13(11-19)16(14)18(21)22/h2,4-5,11-12H,3,6-10H2,1H3. The van der Waals surface area contributed by atoms with Gasteiger partial charge in [-0.1, -0.05) is 6.07 Å². The Bertz CT molecular complexity index is 598. The fourth-order valence-electron chi connectivity index (χ4n) is 2.33. The second kappa shape index (κ2) is 7.71. The molecule has 1 aromatic carbocycles. The number of hydrogen-bond acceptors (Lipinski definition) is 5. The molecule has 0 spiro atoms. The summed E-state index contributed by atoms with van der Waals surface area (Å²) in [6, 6.07) is 4.35. The highest BCUT2D eigenvalue weighted by Crippen LogP contribution is 2.30. The van der Waals surface area contributed by atoms with E-state index in [1.807, 2.05) is 0 Å². The third kappa shape index (κ3) is 4.77. The Morgan fingerprint density at radius 3 is 2.83 bits per heavy atom. The number of benzene rings is 1. The summed E-state index contributed by atoms with van der Waals surface area (Å²) in [6.45, 7) is 0.985. The zero-order chi connectivity index (χ0) is 16.8. The number of amides is 1. The summed E-state index contributed by atoms with van der Waals surface area (Å²) in [5.41, 5.74) is -0.354. The molecule has 1 fully saturated rings. The van der Waals surface area contributed by atoms with E-state index in [9.17, 15) is 19.7 Å². The molecule has 0 bridgehead atoms. The minimum Gasteiger partial charge on any atom is -0.487 e. The van der Waals surface area contributed by atoms with Gasteiger partial charge in [0, 0.05) is 20.0 Å². The summed E-state index contributed by atoms with van der Waals surface area (Å²) >= 11 is 0. The van der Waals surface area contributed by atoms with Crippen molar-refractivity contribution in [3.05, 3.63) is 33.9 Å². The van der Waals surface area contributed by atoms with Crippen LogP contribution in [0, 0.1) is 16.0 Å². The first-order chi connectivity index (χ1) is 11.0. The third-order valence-corrected chi connectivity index (χ3v) is 3.79. The van der Waals surface area contributed by atoms with E-state index in [1.165, 1.54) is 31.0 Å². The number of rotatable bonds is 9. The number of nitro groups is 1. The summed E-state index contributed by atoms with van der Waals surface area (Å²) in [4.78, 5) is 34.9. The lowest BCUT2D eigenvalue weighted by Gasteiger charge is -2.16. The molecule has 0 saturated heterocycles. The highest BCUT2D eigenvalue weighted by molar-refractivity contribution is 5.83. The molecule has 2 rings (SSSR count). The molecule has 1 aliphatic rings. The van der Waals surface area contributed by atoms with Crippen LogP contribution in [-0.4, -0.2) is 42.2 Å². The molecule has 0 radical (unpaired) electrons. The Morgan fingerprint density at radius 1 is 1.48 bits per heavy atom. The van der Waals surface area contributed by atoms with Crippen molar-refractivity contribution in [2.75, 3.05) is 20.2 Å². The predicted octanol–water partition coefficient (Wildman–Crippen LogP) is 2.43. The van der Waals surface area contributed by atoms with Crippen LogP contribution < -0.4 is 4.74 Å². The number of carbonyl (C=O) groups is 2. The number of para-hydroxylation sites is 1. The smallest absolute Gasteiger partial charge is 0.321 e. The summed E-state index contributed by atoms with van der Waals surface area (Å²) in [5.74, 6) is 0.754. The highest BCUT2D eigenvalue weighted by atomic mass is 16.6. The van der Waals surface area contributed by atoms with Gasteiger partial charge >= 0.3 is 5.69 Å². The first-order valence-corrected chi connectivity index (χ1v) is 7.62. The molecule has 7 nitrogen and oxygen atoms in total. The van der Waals surface area contributed by atoms with Crippen molar-refractivity contribution in [1.29, 1.82) is 0 Å². The molecule has 0 N–H and O–H groups in total. The van der Waals surface area contributed by atoms with Crippen LogP contribution in [0.4, 0.5) is 5.69 Å². The lowest BCUT2D eigenvalue weighted by molar-refractivity contribution is -0.386. The molecular weight excluding hydrogens is 300 g/mol. The van der Waals surface area contributed by atoms with E-state index >= 15 is 0 Å². The van der Waals surface area contributed by atoms with Crippen molar-refractivity contribution < 1.29 is 19.2 Å². The Hall–Kier alpha value is -2.44. The number of carbonyl (C=O) groups excluding carboxylic acids is 2. The predicted molar refractivity (Wildman–Crippen MR) is 83.6 cm³/mol. The van der Waals surface area contributed by atoms with E-state index in [0.717, 1.165) is 6.54 Å². The fourth-order valence-corrected chi connectivity index (χ4v) is 2.33. The normalized spacial score (nSPS) is 13.4. The van der Waals surface area contributed by atoms with E-state index < -0.39 is 4.92 Å². The van der Waals surface area contributed by atoms with Crippen LogP contribution in [-0.2, 0) is 4.79 Å². The zero-order valence-corrected chi connectivity index (χ0v) is 13.1. The fraction of sp³-hybridized carbons (Fsp3) is 0.500. The van der Waals surface area contributed by atoms with Gasteiger partial charge < -0.3 is 9.64 Å². The van der Waals surface area contributed by atoms with Gasteiger partial charge in [-0.05, 0) is 37.3 Å². The molecule has 1 aliphatic carbocycles. The van der Waals surface area contributed by atoms with Gasteiger partial charge in [0.15, 0.2) is 12.0 Å². The average molecular weight is 320 g/mol. The largest absolute Gasteiger partial charge is 0.487 e. The number of nitro benzene ring substituents is 1. The Morgan fingerprint density at radius 2 is 2.22 bits per heavy atom. The first kappa shape index (κ1) is 16.9. The van der Waals surface area contributed by atoms with Crippen LogP contribution in [0.15, 0.2) is 18.2 Å². The van der Waals surface area contributed by atoms with Gasteiger partial charge in [0.05, 0.1) is 17.1 Å². The molecule has 0 unspecified atom stereocenters. The van der Waals surface area contributed by atoms with Gasteiger partial charge in [-0.25, -0.2) is 0 Å². The molecule has 124 valence electrons. The van der Waals surface area contributed by atoms with Crippen molar-refractivity contribution in [2.45, 2.75) is 25.7 Å². The highest BCUT2D eigenvalue weighted by Gasteiger charge is 2.24. The topological polar surface area (TPSA) is 89.8 Å². The maximum absolute atomic E-state index is 11.9. The number of aldehydes is 1. The van der Waals surface area contributed by atoms with E-state index in [2.05, 4.69) is 0 Å². The molecule has 23 heavy (non-hydrogen) atoms. The minimum atomic E-state index is -0.631. The summed E-state index contributed by atoms with van der Waals surface area (Å²) in [5, 5.41) is 11.0. The molecule has 0 aliphatic heterocycles. The van der Waals surface area contributed by atoms with Gasteiger partial charge in [-0.3, -0.25) is 19.7 Å². The molecular formula is C16H20N2O5. The zero-order valence-electron chi connectivity index (χ0n) is 13.1. The molecule has 0 heterocycles. The molecule has 1 amide bonds. The lowest BCUT2D eigenvalue weighted by atomic mass is 10.2. The van der Waals surface area contributed by atoms with E-state index in [4.69, 9.17) is 4.74 Å². The Labute approximate surface area is 134 Å². The monoisotopic (exact) mass is 320 g/mol. The van der Waals surface area contributed by atoms with Crippen LogP contribution in [0.5, 0.6) is 5.75 Å². The number of hydrogen-bond donors (Lipinski definition) is 0. The van der Waals surface area contributed by atoms with E-state index in [-0.39, 0.29) is 29.5 Å². The van der Waals surface area contributed by atoms with Gasteiger partial charge in [0.2, 0.25) is 5.91 Å². The van der Waals surface area contributed by atoms with Crippen LogP contribution in [0.25, 0.3) is 0 Å². The maximum Gasteiger partial charge on any atom is 0.321 e. The van der Waals surface area contributed by atoms with E-state index in [0.29, 0.717) is 25.0 Å². The van der Waals surface area contributed by atoms with Crippen molar-refractivity contribution >= 4 is 17.9 Å². The third-order valence-electron chi connectivity index (χ3n) is 3.79. The summed E-state index contributed by atoms with van der Waals surface area (Å²) in [7, 11) is 1.79. The molecule has 0 atom stereocenters. The first-order valence-electron chi connectivity index (χ1n) is 7.62. The number of ether oxygens (including phenoxy) is 1. The van der Waals surface area contributed by atoms with Crippen molar-refractivity contribution in [3.8, 4) is 5.75 Å². The maximum atomic E-state index is 11.9. The molecule has 1 saturated carbocycles. The SMILES string of the molecule is CN(CC1CC1)C(=O)CCCOc1cccc(C=O)c1[N+](=O)[O-]. The van der Waals surface area contributed by atoms with Crippen LogP contribution >= 0.6 is 0 Å². The van der Waals surface area contributed by atoms with Gasteiger partial charge in [0.1, 0.15) is 0 Å². The minimum absolute atomic E-state index is 0.0206. The van der Waals surface area contributed by atoms with Crippen LogP contribution in [0.1, 0.15) is 36.0 Å². The van der Waals surface area contributed by atoms with Crippen molar-refractivity contribution in [3.63, 3.8) is 0 Å². The van der Waals surface area contributed by atoms with Crippen molar-refractivity contribution in [1.82, 2.24) is 4.90 Å². The van der Waals surface area contributed by atoms with Gasteiger partial charge in [-0.15, -0.1) is 0 Å².